The minimum Gasteiger partial charge on any atom is -0.496 e. The Labute approximate surface area is 184 Å². The summed E-state index contributed by atoms with van der Waals surface area (Å²) in [5.74, 6) is 0.408. The standard InChI is InChI=1S/C17H17N11O3S/c1-27-9-20-23-17(27)32-8-11-13(21-26-28(11)15-14(18)24-31-25-15)16(29)22-19-7-10-5-3-4-6-12(10)30-2/h3-7,9H,8H2,1-2H3,(H2,18,24)(H,22,29)/b19-7-. The normalized spacial score (nSPS) is 11.2. The zero-order chi connectivity index (χ0) is 22.5. The number of anilines is 1. The molecule has 164 valence electrons. The van der Waals surface area contributed by atoms with E-state index in [2.05, 4.69) is 46.0 Å². The molecule has 14 nitrogen and oxygen atoms in total. The number of methoxy groups -OCH3 is 1. The molecule has 0 unspecified atom stereocenters. The molecule has 0 radical (unpaired) electrons. The highest BCUT2D eigenvalue weighted by atomic mass is 32.2. The van der Waals surface area contributed by atoms with Crippen LogP contribution in [0, 0.1) is 0 Å². The number of thioether (sulfide) groups is 1. The van der Waals surface area contributed by atoms with Gasteiger partial charge in [0.2, 0.25) is 11.6 Å². The Balaban J connectivity index is 1.59. The van der Waals surface area contributed by atoms with Gasteiger partial charge in [-0.2, -0.15) is 9.78 Å². The first-order valence-electron chi connectivity index (χ1n) is 9.04. The number of nitrogens with zero attached hydrogens (tertiary/aromatic N) is 9. The summed E-state index contributed by atoms with van der Waals surface area (Å²) in [5, 5.41) is 27.7. The summed E-state index contributed by atoms with van der Waals surface area (Å²) in [5.41, 5.74) is 9.35. The zero-order valence-corrected chi connectivity index (χ0v) is 17.7. The number of amides is 1. The SMILES string of the molecule is COc1ccccc1/C=N\NC(=O)c1nnn(-c2nonc2N)c1CSc1nncn1C. The third-order valence-electron chi connectivity index (χ3n) is 4.19. The Bertz CT molecular complexity index is 1260. The van der Waals surface area contributed by atoms with E-state index in [1.165, 1.54) is 22.7 Å². The van der Waals surface area contributed by atoms with Crippen molar-refractivity contribution in [3.05, 3.63) is 47.5 Å². The highest BCUT2D eigenvalue weighted by Gasteiger charge is 2.24. The molecule has 3 heterocycles. The molecule has 1 amide bonds. The number of rotatable bonds is 8. The van der Waals surface area contributed by atoms with Crippen molar-refractivity contribution >= 4 is 29.7 Å². The Morgan fingerprint density at radius 3 is 2.91 bits per heavy atom. The van der Waals surface area contributed by atoms with E-state index in [0.29, 0.717) is 22.2 Å². The first kappa shape index (κ1) is 21.0. The number of nitrogens with two attached hydrogens (primary N) is 1. The fraction of sp³-hybridized carbons (Fsp3) is 0.176. The number of hydrogen-bond donors (Lipinski definition) is 2. The lowest BCUT2D eigenvalue weighted by Crippen LogP contribution is -2.20. The van der Waals surface area contributed by atoms with E-state index in [9.17, 15) is 4.79 Å². The van der Waals surface area contributed by atoms with Crippen LogP contribution >= 0.6 is 11.8 Å². The molecule has 1 aromatic carbocycles. The summed E-state index contributed by atoms with van der Waals surface area (Å²) in [7, 11) is 3.35. The summed E-state index contributed by atoms with van der Waals surface area (Å²) in [6.45, 7) is 0. The second kappa shape index (κ2) is 9.25. The lowest BCUT2D eigenvalue weighted by Gasteiger charge is -2.05. The number of carbonyl (C=O) groups is 1. The third kappa shape index (κ3) is 4.27. The molecule has 0 fully saturated rings. The monoisotopic (exact) mass is 455 g/mol. The van der Waals surface area contributed by atoms with E-state index in [4.69, 9.17) is 10.5 Å². The van der Waals surface area contributed by atoms with E-state index in [1.807, 2.05) is 12.1 Å². The van der Waals surface area contributed by atoms with Crippen molar-refractivity contribution in [2.45, 2.75) is 10.9 Å². The molecule has 4 rings (SSSR count). The Morgan fingerprint density at radius 1 is 1.34 bits per heavy atom. The van der Waals surface area contributed by atoms with E-state index >= 15 is 0 Å². The molecule has 0 aliphatic heterocycles. The molecule has 0 aliphatic carbocycles. The quantitative estimate of drug-likeness (QED) is 0.214. The predicted octanol–water partition coefficient (Wildman–Crippen LogP) is 0.426. The number of benzene rings is 1. The van der Waals surface area contributed by atoms with Crippen LogP contribution in [0.4, 0.5) is 5.82 Å². The van der Waals surface area contributed by atoms with Gasteiger partial charge in [-0.3, -0.25) is 4.79 Å². The number of hydrazone groups is 1. The van der Waals surface area contributed by atoms with Crippen molar-refractivity contribution in [1.82, 2.24) is 45.5 Å². The lowest BCUT2D eigenvalue weighted by molar-refractivity contribution is 0.0949. The number of para-hydroxylation sites is 1. The maximum absolute atomic E-state index is 12.8. The highest BCUT2D eigenvalue weighted by molar-refractivity contribution is 7.98. The Kier molecular flexibility index (Phi) is 6.07. The lowest BCUT2D eigenvalue weighted by atomic mass is 10.2. The van der Waals surface area contributed by atoms with Gasteiger partial charge >= 0.3 is 0 Å². The zero-order valence-electron chi connectivity index (χ0n) is 16.9. The third-order valence-corrected chi connectivity index (χ3v) is 5.24. The minimum absolute atomic E-state index is 0.000889. The van der Waals surface area contributed by atoms with Gasteiger partial charge in [-0.05, 0) is 22.4 Å². The molecular formula is C17H17N11O3S. The van der Waals surface area contributed by atoms with Crippen molar-refractivity contribution in [3.8, 4) is 11.6 Å². The number of aryl methyl sites for hydroxylation is 1. The second-order valence-corrected chi connectivity index (χ2v) is 7.17. The van der Waals surface area contributed by atoms with E-state index in [1.54, 1.807) is 37.2 Å². The minimum atomic E-state index is -0.578. The Morgan fingerprint density at radius 2 is 2.19 bits per heavy atom. The van der Waals surface area contributed by atoms with E-state index in [-0.39, 0.29) is 23.1 Å². The van der Waals surface area contributed by atoms with Crippen LogP contribution in [0.25, 0.3) is 5.82 Å². The molecule has 3 N–H and O–H groups in total. The van der Waals surface area contributed by atoms with Crippen LogP contribution in [-0.2, 0) is 12.8 Å². The summed E-state index contributed by atoms with van der Waals surface area (Å²) < 4.78 is 12.9. The maximum atomic E-state index is 12.8. The smallest absolute Gasteiger partial charge is 0.293 e. The molecule has 32 heavy (non-hydrogen) atoms. The van der Waals surface area contributed by atoms with Gasteiger partial charge in [0.15, 0.2) is 10.9 Å². The number of nitrogens with one attached hydrogen (secondary N) is 1. The van der Waals surface area contributed by atoms with Gasteiger partial charge in [0, 0.05) is 18.4 Å². The molecule has 0 saturated carbocycles. The van der Waals surface area contributed by atoms with Gasteiger partial charge in [0.05, 0.1) is 19.0 Å². The van der Waals surface area contributed by atoms with Crippen LogP contribution in [-0.4, -0.2) is 59.3 Å². The van der Waals surface area contributed by atoms with Crippen LogP contribution in [0.15, 0.2) is 45.5 Å². The first-order valence-corrected chi connectivity index (χ1v) is 10.0. The molecule has 0 saturated heterocycles. The van der Waals surface area contributed by atoms with Gasteiger partial charge in [0.25, 0.3) is 5.91 Å². The van der Waals surface area contributed by atoms with Crippen LogP contribution in [0.5, 0.6) is 5.75 Å². The van der Waals surface area contributed by atoms with Crippen molar-refractivity contribution in [2.75, 3.05) is 12.8 Å². The van der Waals surface area contributed by atoms with Gasteiger partial charge in [0.1, 0.15) is 12.1 Å². The van der Waals surface area contributed by atoms with Gasteiger partial charge in [-0.1, -0.05) is 29.1 Å². The molecular weight excluding hydrogens is 438 g/mol. The maximum Gasteiger partial charge on any atom is 0.293 e. The fourth-order valence-corrected chi connectivity index (χ4v) is 3.52. The van der Waals surface area contributed by atoms with Crippen LogP contribution in [0.2, 0.25) is 0 Å². The van der Waals surface area contributed by atoms with Crippen LogP contribution in [0.1, 0.15) is 21.7 Å². The molecule has 4 aromatic rings. The van der Waals surface area contributed by atoms with Crippen molar-refractivity contribution in [1.29, 1.82) is 0 Å². The average Bonchev–Trinajstić information content (AvgIpc) is 3.52. The number of aromatic nitrogens is 8. The summed E-state index contributed by atoms with van der Waals surface area (Å²) in [4.78, 5) is 12.8. The highest BCUT2D eigenvalue weighted by Crippen LogP contribution is 2.24. The molecule has 0 bridgehead atoms. The fourth-order valence-electron chi connectivity index (χ4n) is 2.64. The molecule has 0 spiro atoms. The average molecular weight is 455 g/mol. The van der Waals surface area contributed by atoms with E-state index < -0.39 is 5.91 Å². The van der Waals surface area contributed by atoms with Crippen molar-refractivity contribution < 1.29 is 14.2 Å². The number of nitrogen functional groups attached to an aromatic ring is 1. The largest absolute Gasteiger partial charge is 0.496 e. The topological polar surface area (TPSA) is 177 Å². The second-order valence-electron chi connectivity index (χ2n) is 6.22. The molecule has 0 aliphatic rings. The molecule has 0 atom stereocenters. The van der Waals surface area contributed by atoms with Gasteiger partial charge in [-0.15, -0.1) is 15.3 Å². The van der Waals surface area contributed by atoms with Crippen molar-refractivity contribution in [2.24, 2.45) is 12.1 Å². The summed E-state index contributed by atoms with van der Waals surface area (Å²) in [6.07, 6.45) is 3.03. The summed E-state index contributed by atoms with van der Waals surface area (Å²) in [6, 6.07) is 7.25. The van der Waals surface area contributed by atoms with Crippen LogP contribution in [0.3, 0.4) is 0 Å². The molecule has 3 aromatic heterocycles. The molecule has 15 heteroatoms. The van der Waals surface area contributed by atoms with Crippen molar-refractivity contribution in [3.63, 3.8) is 0 Å². The number of hydrogen-bond acceptors (Lipinski definition) is 12. The van der Waals surface area contributed by atoms with Gasteiger partial charge in [-0.25, -0.2) is 10.1 Å². The Hall–Kier alpha value is -4.27. The number of ether oxygens (including phenoxy) is 1. The number of carbonyl (C=O) groups excluding carboxylic acids is 1. The van der Waals surface area contributed by atoms with E-state index in [0.717, 1.165) is 0 Å². The predicted molar refractivity (Wildman–Crippen MR) is 112 cm³/mol. The van der Waals surface area contributed by atoms with Crippen LogP contribution < -0.4 is 15.9 Å². The first-order chi connectivity index (χ1) is 15.6. The van der Waals surface area contributed by atoms with Gasteiger partial charge < -0.3 is 15.0 Å². The summed E-state index contributed by atoms with van der Waals surface area (Å²) >= 11 is 1.32.